The van der Waals surface area contributed by atoms with E-state index in [4.69, 9.17) is 30.8 Å². The first-order chi connectivity index (χ1) is 14.3. The molecule has 0 bridgehead atoms. The van der Waals surface area contributed by atoms with Gasteiger partial charge in [-0.2, -0.15) is 0 Å². The molecule has 1 aromatic rings. The highest BCUT2D eigenvalue weighted by Crippen LogP contribution is 2.28. The van der Waals surface area contributed by atoms with Crippen molar-refractivity contribution in [2.24, 2.45) is 4.99 Å². The van der Waals surface area contributed by atoms with Gasteiger partial charge in [0.2, 0.25) is 0 Å². The van der Waals surface area contributed by atoms with Crippen LogP contribution in [-0.2, 0) is 14.2 Å². The Hall–Kier alpha value is -1.38. The highest BCUT2D eigenvalue weighted by atomic mass is 35.5. The number of ether oxygens (including phenoxy) is 3. The molecule has 1 heterocycles. The number of methoxy groups -OCH3 is 1. The first-order valence-electron chi connectivity index (χ1n) is 10.4. The van der Waals surface area contributed by atoms with Gasteiger partial charge in [-0.15, -0.1) is 0 Å². The molecule has 1 aliphatic rings. The van der Waals surface area contributed by atoms with Gasteiger partial charge in [0.1, 0.15) is 0 Å². The number of aliphatic imine (C=N–C) groups is 1. The number of nitrogens with one attached hydrogen (secondary N) is 2. The summed E-state index contributed by atoms with van der Waals surface area (Å²) < 4.78 is 16.0. The van der Waals surface area contributed by atoms with Gasteiger partial charge in [-0.3, -0.25) is 9.89 Å². The van der Waals surface area contributed by atoms with Crippen molar-refractivity contribution in [2.75, 3.05) is 72.9 Å². The number of halogens is 1. The zero-order valence-electron chi connectivity index (χ0n) is 17.7. The molecule has 0 saturated carbocycles. The van der Waals surface area contributed by atoms with Crippen molar-refractivity contribution < 1.29 is 14.2 Å². The van der Waals surface area contributed by atoms with E-state index >= 15 is 0 Å². The van der Waals surface area contributed by atoms with Crippen LogP contribution in [-0.4, -0.2) is 83.7 Å². The number of guanidine groups is 1. The zero-order chi connectivity index (χ0) is 20.7. The second-order valence-electron chi connectivity index (χ2n) is 6.79. The van der Waals surface area contributed by atoms with E-state index in [-0.39, 0.29) is 6.04 Å². The van der Waals surface area contributed by atoms with Crippen LogP contribution in [0, 0.1) is 0 Å². The standard InChI is InChI=1S/C21H35ClN4O3/c1-3-23-21(24-9-6-12-28-16-15-27-2)25-17-20(26-10-13-29-14-11-26)18-7-4-5-8-19(18)22/h4-5,7-8,20H,3,6,9-17H2,1-2H3,(H2,23,24,25). The molecule has 0 radical (unpaired) electrons. The Balaban J connectivity index is 1.95. The van der Waals surface area contributed by atoms with Gasteiger partial charge in [-0.05, 0) is 25.0 Å². The monoisotopic (exact) mass is 426 g/mol. The largest absolute Gasteiger partial charge is 0.382 e. The SMILES string of the molecule is CCNC(=NCC(c1ccccc1Cl)N1CCOCC1)NCCCOCCOC. The zero-order valence-corrected chi connectivity index (χ0v) is 18.4. The van der Waals surface area contributed by atoms with Crippen molar-refractivity contribution in [3.8, 4) is 0 Å². The van der Waals surface area contributed by atoms with Gasteiger partial charge < -0.3 is 24.8 Å². The summed E-state index contributed by atoms with van der Waals surface area (Å²) in [5.41, 5.74) is 1.11. The van der Waals surface area contributed by atoms with Crippen molar-refractivity contribution in [1.82, 2.24) is 15.5 Å². The minimum atomic E-state index is 0.125. The number of rotatable bonds is 12. The molecule has 1 fully saturated rings. The third kappa shape index (κ3) is 8.88. The molecule has 1 aromatic carbocycles. The van der Waals surface area contributed by atoms with E-state index in [1.54, 1.807) is 7.11 Å². The lowest BCUT2D eigenvalue weighted by atomic mass is 10.0. The molecule has 2 N–H and O–H groups in total. The molecule has 1 aliphatic heterocycles. The minimum absolute atomic E-state index is 0.125. The van der Waals surface area contributed by atoms with Gasteiger partial charge >= 0.3 is 0 Å². The van der Waals surface area contributed by atoms with Crippen LogP contribution < -0.4 is 10.6 Å². The van der Waals surface area contributed by atoms with Crippen LogP contribution in [0.4, 0.5) is 0 Å². The molecule has 1 atom stereocenters. The Kier molecular flexibility index (Phi) is 12.0. The van der Waals surface area contributed by atoms with Gasteiger partial charge in [0.15, 0.2) is 5.96 Å². The molecular weight excluding hydrogens is 392 g/mol. The lowest BCUT2D eigenvalue weighted by Gasteiger charge is -2.34. The predicted octanol–water partition coefficient (Wildman–Crippen LogP) is 2.32. The van der Waals surface area contributed by atoms with Crippen molar-refractivity contribution in [2.45, 2.75) is 19.4 Å². The number of morpholine rings is 1. The maximum atomic E-state index is 6.51. The number of hydrogen-bond donors (Lipinski definition) is 2. The summed E-state index contributed by atoms with van der Waals surface area (Å²) in [5, 5.41) is 7.49. The van der Waals surface area contributed by atoms with Gasteiger partial charge in [0, 0.05) is 44.9 Å². The highest BCUT2D eigenvalue weighted by molar-refractivity contribution is 6.31. The summed E-state index contributed by atoms with van der Waals surface area (Å²) in [5.74, 6) is 0.815. The topological polar surface area (TPSA) is 67.4 Å². The fourth-order valence-electron chi connectivity index (χ4n) is 3.19. The molecule has 0 spiro atoms. The Bertz CT molecular complexity index is 597. The Labute approximate surface area is 179 Å². The molecule has 7 nitrogen and oxygen atoms in total. The summed E-state index contributed by atoms with van der Waals surface area (Å²) in [6.45, 7) is 9.51. The first kappa shape index (κ1) is 23.9. The molecule has 0 aliphatic carbocycles. The van der Waals surface area contributed by atoms with E-state index in [1.807, 2.05) is 18.2 Å². The van der Waals surface area contributed by atoms with Crippen LogP contribution >= 0.6 is 11.6 Å². The smallest absolute Gasteiger partial charge is 0.191 e. The highest BCUT2D eigenvalue weighted by Gasteiger charge is 2.24. The molecule has 29 heavy (non-hydrogen) atoms. The van der Waals surface area contributed by atoms with Gasteiger partial charge in [0.05, 0.1) is 39.0 Å². The van der Waals surface area contributed by atoms with Crippen molar-refractivity contribution in [3.05, 3.63) is 34.9 Å². The molecule has 0 amide bonds. The summed E-state index contributed by atoms with van der Waals surface area (Å²) in [6.07, 6.45) is 0.908. The van der Waals surface area contributed by atoms with Crippen LogP contribution in [0.2, 0.25) is 5.02 Å². The fourth-order valence-corrected chi connectivity index (χ4v) is 3.45. The quantitative estimate of drug-likeness (QED) is 0.304. The fraction of sp³-hybridized carbons (Fsp3) is 0.667. The van der Waals surface area contributed by atoms with Crippen molar-refractivity contribution in [1.29, 1.82) is 0 Å². The second-order valence-corrected chi connectivity index (χ2v) is 7.20. The van der Waals surface area contributed by atoms with Gasteiger partial charge in [-0.25, -0.2) is 0 Å². The van der Waals surface area contributed by atoms with E-state index in [1.165, 1.54) is 0 Å². The maximum absolute atomic E-state index is 6.51. The Morgan fingerprint density at radius 2 is 2.00 bits per heavy atom. The van der Waals surface area contributed by atoms with Gasteiger partial charge in [0.25, 0.3) is 0 Å². The predicted molar refractivity (Wildman–Crippen MR) is 118 cm³/mol. The van der Waals surface area contributed by atoms with Crippen LogP contribution in [0.3, 0.4) is 0 Å². The Morgan fingerprint density at radius 1 is 1.21 bits per heavy atom. The lowest BCUT2D eigenvalue weighted by molar-refractivity contribution is 0.0180. The van der Waals surface area contributed by atoms with Crippen LogP contribution in [0.25, 0.3) is 0 Å². The summed E-state index contributed by atoms with van der Waals surface area (Å²) in [7, 11) is 1.68. The van der Waals surface area contributed by atoms with E-state index < -0.39 is 0 Å². The average Bonchev–Trinajstić information content (AvgIpc) is 2.75. The normalized spacial score (nSPS) is 16.6. The third-order valence-corrected chi connectivity index (χ3v) is 5.05. The molecule has 2 rings (SSSR count). The van der Waals surface area contributed by atoms with Crippen LogP contribution in [0.5, 0.6) is 0 Å². The number of nitrogens with zero attached hydrogens (tertiary/aromatic N) is 2. The molecule has 8 heteroatoms. The van der Waals surface area contributed by atoms with E-state index in [0.29, 0.717) is 26.4 Å². The molecule has 1 unspecified atom stereocenters. The summed E-state index contributed by atoms with van der Waals surface area (Å²) in [6, 6.07) is 8.16. The molecule has 164 valence electrons. The molecule has 1 saturated heterocycles. The van der Waals surface area contributed by atoms with E-state index in [0.717, 1.165) is 62.4 Å². The van der Waals surface area contributed by atoms with Crippen molar-refractivity contribution in [3.63, 3.8) is 0 Å². The van der Waals surface area contributed by atoms with E-state index in [2.05, 4.69) is 28.5 Å². The molecular formula is C21H35ClN4O3. The maximum Gasteiger partial charge on any atom is 0.191 e. The number of benzene rings is 1. The summed E-state index contributed by atoms with van der Waals surface area (Å²) >= 11 is 6.51. The first-order valence-corrected chi connectivity index (χ1v) is 10.8. The second kappa shape index (κ2) is 14.6. The van der Waals surface area contributed by atoms with Crippen LogP contribution in [0.15, 0.2) is 29.3 Å². The Morgan fingerprint density at radius 3 is 2.72 bits per heavy atom. The van der Waals surface area contributed by atoms with Gasteiger partial charge in [-0.1, -0.05) is 29.8 Å². The van der Waals surface area contributed by atoms with E-state index in [9.17, 15) is 0 Å². The average molecular weight is 427 g/mol. The van der Waals surface area contributed by atoms with Crippen molar-refractivity contribution >= 4 is 17.6 Å². The van der Waals surface area contributed by atoms with Crippen LogP contribution in [0.1, 0.15) is 24.9 Å². The minimum Gasteiger partial charge on any atom is -0.382 e. The lowest BCUT2D eigenvalue weighted by Crippen LogP contribution is -2.42. The summed E-state index contributed by atoms with van der Waals surface area (Å²) in [4.78, 5) is 7.25. The molecule has 0 aromatic heterocycles. The third-order valence-electron chi connectivity index (χ3n) is 4.71. The number of hydrogen-bond acceptors (Lipinski definition) is 5.